The Labute approximate surface area is 84.0 Å². The molecule has 0 aromatic heterocycles. The van der Waals surface area contributed by atoms with Crippen LogP contribution < -0.4 is 11.1 Å². The van der Waals surface area contributed by atoms with Crippen LogP contribution in [0.25, 0.3) is 0 Å². The Morgan fingerprint density at radius 2 is 2.07 bits per heavy atom. The predicted molar refractivity (Wildman–Crippen MR) is 53.5 cm³/mol. The van der Waals surface area contributed by atoms with E-state index in [0.29, 0.717) is 12.8 Å². The summed E-state index contributed by atoms with van der Waals surface area (Å²) in [5.74, 6) is -0.289. The molecule has 3 N–H and O–H groups in total. The highest BCUT2D eigenvalue weighted by Gasteiger charge is 2.46. The molecule has 0 heterocycles. The van der Waals surface area contributed by atoms with Crippen LogP contribution in [0.15, 0.2) is 0 Å². The minimum Gasteiger partial charge on any atom is -0.351 e. The van der Waals surface area contributed by atoms with Gasteiger partial charge in [-0.2, -0.15) is 0 Å². The van der Waals surface area contributed by atoms with Crippen molar-refractivity contribution in [3.63, 3.8) is 0 Å². The van der Waals surface area contributed by atoms with E-state index < -0.39 is 15.4 Å². The van der Waals surface area contributed by atoms with Gasteiger partial charge in [-0.15, -0.1) is 0 Å². The number of carbonyl (C=O) groups excluding carboxylic acids is 1. The molecule has 0 aromatic rings. The molecule has 1 rings (SSSR count). The lowest BCUT2D eigenvalue weighted by Crippen LogP contribution is -2.48. The molecule has 1 saturated carbocycles. The summed E-state index contributed by atoms with van der Waals surface area (Å²) in [4.78, 5) is 11.4. The van der Waals surface area contributed by atoms with E-state index in [9.17, 15) is 13.2 Å². The maximum Gasteiger partial charge on any atom is 0.240 e. The molecule has 0 spiro atoms. The lowest BCUT2D eigenvalue weighted by Gasteiger charge is -2.15. The van der Waals surface area contributed by atoms with Gasteiger partial charge in [0.25, 0.3) is 0 Å². The average molecular weight is 220 g/mol. The van der Waals surface area contributed by atoms with Crippen LogP contribution in [0.2, 0.25) is 0 Å². The highest BCUT2D eigenvalue weighted by Crippen LogP contribution is 2.32. The second-order valence-electron chi connectivity index (χ2n) is 4.12. The number of amides is 1. The smallest absolute Gasteiger partial charge is 0.240 e. The summed E-state index contributed by atoms with van der Waals surface area (Å²) in [5.41, 5.74) is 4.91. The zero-order valence-electron chi connectivity index (χ0n) is 8.41. The first-order chi connectivity index (χ1) is 6.23. The van der Waals surface area contributed by atoms with Crippen LogP contribution in [0.3, 0.4) is 0 Å². The van der Waals surface area contributed by atoms with E-state index in [1.165, 1.54) is 0 Å². The molecular weight excluding hydrogens is 204 g/mol. The van der Waals surface area contributed by atoms with E-state index >= 15 is 0 Å². The molecule has 0 bridgehead atoms. The minimum absolute atomic E-state index is 0.0468. The topological polar surface area (TPSA) is 89.3 Å². The fourth-order valence-corrected chi connectivity index (χ4v) is 2.22. The van der Waals surface area contributed by atoms with Gasteiger partial charge in [0, 0.05) is 12.3 Å². The predicted octanol–water partition coefficient (Wildman–Crippen LogP) is -0.973. The van der Waals surface area contributed by atoms with Crippen LogP contribution in [0, 0.1) is 0 Å². The number of nitrogens with one attached hydrogen (secondary N) is 1. The molecule has 0 aliphatic heterocycles. The molecule has 1 aliphatic rings. The van der Waals surface area contributed by atoms with Gasteiger partial charge in [-0.1, -0.05) is 0 Å². The fraction of sp³-hybridized carbons (Fsp3) is 0.875. The fourth-order valence-electron chi connectivity index (χ4n) is 1.23. The summed E-state index contributed by atoms with van der Waals surface area (Å²) >= 11 is 0. The van der Waals surface area contributed by atoms with Gasteiger partial charge in [0.15, 0.2) is 0 Å². The van der Waals surface area contributed by atoms with Crippen molar-refractivity contribution in [1.29, 1.82) is 0 Å². The quantitative estimate of drug-likeness (QED) is 0.637. The Morgan fingerprint density at radius 1 is 1.57 bits per heavy atom. The summed E-state index contributed by atoms with van der Waals surface area (Å²) in [6.45, 7) is 1.66. The molecule has 1 unspecified atom stereocenters. The van der Waals surface area contributed by atoms with Crippen molar-refractivity contribution in [3.05, 3.63) is 0 Å². The molecule has 0 aromatic carbocycles. The van der Waals surface area contributed by atoms with Crippen LogP contribution in [-0.4, -0.2) is 37.9 Å². The van der Waals surface area contributed by atoms with Gasteiger partial charge in [0.1, 0.15) is 9.84 Å². The van der Waals surface area contributed by atoms with E-state index in [1.807, 2.05) is 0 Å². The SMILES string of the molecule is CC(CS(C)(=O)=O)NC(=O)C1(N)CC1. The third kappa shape index (κ3) is 3.26. The Balaban J connectivity index is 2.41. The summed E-state index contributed by atoms with van der Waals surface area (Å²) in [7, 11) is -3.05. The first-order valence-corrected chi connectivity index (χ1v) is 6.56. The molecule has 0 saturated heterocycles. The molecule has 5 nitrogen and oxygen atoms in total. The van der Waals surface area contributed by atoms with Crippen molar-refractivity contribution >= 4 is 15.7 Å². The normalized spacial score (nSPS) is 21.4. The molecule has 6 heteroatoms. The summed E-state index contributed by atoms with van der Waals surface area (Å²) in [6, 6.07) is -0.376. The van der Waals surface area contributed by atoms with Gasteiger partial charge in [-0.05, 0) is 19.8 Å². The molecule has 1 fully saturated rings. The van der Waals surface area contributed by atoms with Gasteiger partial charge >= 0.3 is 0 Å². The van der Waals surface area contributed by atoms with Gasteiger partial charge in [-0.3, -0.25) is 4.79 Å². The summed E-state index contributed by atoms with van der Waals surface area (Å²) < 4.78 is 21.8. The Kier molecular flexibility index (Phi) is 2.87. The Bertz CT molecular complexity index is 332. The number of sulfone groups is 1. The van der Waals surface area contributed by atoms with Crippen LogP contribution >= 0.6 is 0 Å². The third-order valence-electron chi connectivity index (χ3n) is 2.17. The van der Waals surface area contributed by atoms with Crippen molar-refractivity contribution < 1.29 is 13.2 Å². The van der Waals surface area contributed by atoms with Crippen molar-refractivity contribution in [2.75, 3.05) is 12.0 Å². The van der Waals surface area contributed by atoms with Crippen LogP contribution in [0.5, 0.6) is 0 Å². The maximum atomic E-state index is 11.4. The summed E-state index contributed by atoms with van der Waals surface area (Å²) in [6.07, 6.45) is 2.51. The molecule has 82 valence electrons. The minimum atomic E-state index is -3.05. The van der Waals surface area contributed by atoms with Crippen molar-refractivity contribution in [3.8, 4) is 0 Å². The number of hydrogen-bond acceptors (Lipinski definition) is 4. The maximum absolute atomic E-state index is 11.4. The van der Waals surface area contributed by atoms with Gasteiger partial charge in [0.2, 0.25) is 5.91 Å². The second kappa shape index (κ2) is 3.51. The van der Waals surface area contributed by atoms with E-state index in [4.69, 9.17) is 5.73 Å². The second-order valence-corrected chi connectivity index (χ2v) is 6.31. The van der Waals surface area contributed by atoms with Crippen LogP contribution in [0.4, 0.5) is 0 Å². The van der Waals surface area contributed by atoms with Gasteiger partial charge in [0.05, 0.1) is 11.3 Å². The van der Waals surface area contributed by atoms with Crippen molar-refractivity contribution in [1.82, 2.24) is 5.32 Å². The first-order valence-electron chi connectivity index (χ1n) is 4.50. The molecule has 1 aliphatic carbocycles. The number of nitrogens with two attached hydrogens (primary N) is 1. The Morgan fingerprint density at radius 3 is 2.43 bits per heavy atom. The standard InChI is InChI=1S/C8H16N2O3S/c1-6(5-14(2,12)13)10-7(11)8(9)3-4-8/h6H,3-5,9H2,1-2H3,(H,10,11). The molecular formula is C8H16N2O3S. The van der Waals surface area contributed by atoms with Crippen molar-refractivity contribution in [2.45, 2.75) is 31.3 Å². The monoisotopic (exact) mass is 220 g/mol. The molecule has 1 atom stereocenters. The molecule has 0 radical (unpaired) electrons. The third-order valence-corrected chi connectivity index (χ3v) is 3.28. The van der Waals surface area contributed by atoms with Crippen molar-refractivity contribution in [2.24, 2.45) is 5.73 Å². The zero-order valence-corrected chi connectivity index (χ0v) is 9.23. The van der Waals surface area contributed by atoms with Gasteiger partial charge in [-0.25, -0.2) is 8.42 Å². The number of carbonyl (C=O) groups is 1. The Hall–Kier alpha value is -0.620. The zero-order chi connectivity index (χ0) is 11.0. The van der Waals surface area contributed by atoms with Crippen LogP contribution in [0.1, 0.15) is 19.8 Å². The number of hydrogen-bond donors (Lipinski definition) is 2. The highest BCUT2D eigenvalue weighted by molar-refractivity contribution is 7.90. The van der Waals surface area contributed by atoms with E-state index in [0.717, 1.165) is 6.26 Å². The average Bonchev–Trinajstić information content (AvgIpc) is 2.64. The largest absolute Gasteiger partial charge is 0.351 e. The van der Waals surface area contributed by atoms with E-state index in [1.54, 1.807) is 6.92 Å². The molecule has 14 heavy (non-hydrogen) atoms. The number of rotatable bonds is 4. The van der Waals surface area contributed by atoms with Crippen LogP contribution in [-0.2, 0) is 14.6 Å². The molecule has 1 amide bonds. The highest BCUT2D eigenvalue weighted by atomic mass is 32.2. The van der Waals surface area contributed by atoms with Gasteiger partial charge < -0.3 is 11.1 Å². The van der Waals surface area contributed by atoms with E-state index in [-0.39, 0.29) is 17.7 Å². The first kappa shape index (κ1) is 11.5. The lowest BCUT2D eigenvalue weighted by atomic mass is 10.2. The van der Waals surface area contributed by atoms with E-state index in [2.05, 4.69) is 5.32 Å². The lowest BCUT2D eigenvalue weighted by molar-refractivity contribution is -0.123. The summed E-state index contributed by atoms with van der Waals surface area (Å²) in [5, 5.41) is 2.60.